The van der Waals surface area contributed by atoms with Crippen LogP contribution < -0.4 is 10.6 Å². The van der Waals surface area contributed by atoms with Gasteiger partial charge in [-0.15, -0.1) is 0 Å². The number of allylic oxidation sites excluding steroid dienone is 1. The number of hydroxylamine groups is 4. The molecule has 0 unspecified atom stereocenters. The second-order valence-corrected chi connectivity index (χ2v) is 13.1. The number of urea groups is 1. The second-order valence-electron chi connectivity index (χ2n) is 13.1. The Morgan fingerprint density at radius 3 is 1.89 bits per heavy atom. The van der Waals surface area contributed by atoms with Crippen molar-refractivity contribution in [2.24, 2.45) is 5.11 Å². The highest BCUT2D eigenvalue weighted by atomic mass is 16.5. The molecule has 2 aliphatic rings. The Labute approximate surface area is 217 Å². The van der Waals surface area contributed by atoms with E-state index in [1.807, 2.05) is 67.2 Å². The van der Waals surface area contributed by atoms with Crippen LogP contribution in [0.15, 0.2) is 17.0 Å². The Balaban J connectivity index is 2.24. The van der Waals surface area contributed by atoms with Crippen molar-refractivity contribution in [2.75, 3.05) is 13.1 Å². The van der Waals surface area contributed by atoms with Crippen molar-refractivity contribution in [3.05, 3.63) is 11.9 Å². The predicted molar refractivity (Wildman–Crippen MR) is 141 cm³/mol. The lowest BCUT2D eigenvalue weighted by Gasteiger charge is -2.54. The number of rotatable bonds is 9. The molecule has 0 saturated carbocycles. The van der Waals surface area contributed by atoms with E-state index < -0.39 is 22.2 Å². The van der Waals surface area contributed by atoms with Crippen LogP contribution in [0.25, 0.3) is 0 Å². The largest absolute Gasteiger partial charge is 0.390 e. The molecule has 10 nitrogen and oxygen atoms in total. The Morgan fingerprint density at radius 2 is 1.44 bits per heavy atom. The minimum Gasteiger partial charge on any atom is -0.390 e. The van der Waals surface area contributed by atoms with Crippen molar-refractivity contribution < 1.29 is 15.2 Å². The summed E-state index contributed by atoms with van der Waals surface area (Å²) in [4.78, 5) is 15.7. The molecule has 2 aliphatic heterocycles. The van der Waals surface area contributed by atoms with Crippen LogP contribution in [0.1, 0.15) is 101 Å². The summed E-state index contributed by atoms with van der Waals surface area (Å²) in [6, 6.07) is -0.229. The number of carbonyl (C=O) groups excluding carboxylic acids is 1. The van der Waals surface area contributed by atoms with Gasteiger partial charge in [-0.2, -0.15) is 15.2 Å². The summed E-state index contributed by atoms with van der Waals surface area (Å²) in [5, 5.41) is 34.3. The highest BCUT2D eigenvalue weighted by molar-refractivity contribution is 5.75. The maximum absolute atomic E-state index is 13.8. The molecule has 0 spiro atoms. The summed E-state index contributed by atoms with van der Waals surface area (Å²) in [5.41, 5.74) is 6.23. The first kappa shape index (κ1) is 30.5. The van der Waals surface area contributed by atoms with E-state index in [2.05, 4.69) is 15.7 Å². The van der Waals surface area contributed by atoms with E-state index in [9.17, 15) is 15.2 Å². The van der Waals surface area contributed by atoms with E-state index in [0.717, 1.165) is 6.54 Å². The molecule has 2 amide bonds. The fourth-order valence-electron chi connectivity index (χ4n) is 6.33. The van der Waals surface area contributed by atoms with Crippen molar-refractivity contribution >= 4 is 6.03 Å². The molecule has 0 atom stereocenters. The van der Waals surface area contributed by atoms with Crippen molar-refractivity contribution in [3.8, 4) is 0 Å². The number of nitrogens with one attached hydrogen (secondary N) is 3. The molecule has 2 fully saturated rings. The second kappa shape index (κ2) is 11.3. The first-order chi connectivity index (χ1) is 16.5. The van der Waals surface area contributed by atoms with E-state index in [1.54, 1.807) is 6.20 Å². The maximum Gasteiger partial charge on any atom is 0.317 e. The SMILES string of the molecule is CCN/C=C(/CCCN(C(=O)NC1CC(C)(C)N(O)C(C)(C)C1)C1CC(C)(C)N(O)C(C)(C)C1)N=N. The van der Waals surface area contributed by atoms with Gasteiger partial charge >= 0.3 is 6.03 Å². The third-order valence-electron chi connectivity index (χ3n) is 7.73. The zero-order valence-electron chi connectivity index (χ0n) is 24.0. The molecule has 0 radical (unpaired) electrons. The first-order valence-corrected chi connectivity index (χ1v) is 13.3. The van der Waals surface area contributed by atoms with Crippen LogP contribution in [0, 0.1) is 5.53 Å². The Bertz CT molecular complexity index is 773. The molecule has 2 heterocycles. The lowest BCUT2D eigenvalue weighted by molar-refractivity contribution is -0.250. The lowest BCUT2D eigenvalue weighted by Crippen LogP contribution is -2.66. The number of nitrogens with zero attached hydrogens (tertiary/aromatic N) is 4. The fourth-order valence-corrected chi connectivity index (χ4v) is 6.33. The summed E-state index contributed by atoms with van der Waals surface area (Å²) >= 11 is 0. The number of piperidine rings is 2. The van der Waals surface area contributed by atoms with Gasteiger partial charge in [0.2, 0.25) is 0 Å². The molecule has 0 aromatic carbocycles. The van der Waals surface area contributed by atoms with Crippen LogP contribution in [0.5, 0.6) is 0 Å². The average Bonchev–Trinajstić information content (AvgIpc) is 2.74. The van der Waals surface area contributed by atoms with Gasteiger partial charge in [-0.1, -0.05) is 0 Å². The van der Waals surface area contributed by atoms with Gasteiger partial charge in [0.15, 0.2) is 0 Å². The molecule has 208 valence electrons. The van der Waals surface area contributed by atoms with Crippen molar-refractivity contribution in [2.45, 2.75) is 135 Å². The highest BCUT2D eigenvalue weighted by Gasteiger charge is 2.49. The summed E-state index contributed by atoms with van der Waals surface area (Å²) in [5.74, 6) is 0. The van der Waals surface area contributed by atoms with Gasteiger partial charge in [-0.3, -0.25) is 0 Å². The van der Waals surface area contributed by atoms with Crippen molar-refractivity contribution in [1.29, 1.82) is 5.53 Å². The molecule has 2 rings (SSSR count). The Kier molecular flexibility index (Phi) is 9.59. The molecular weight excluding hydrogens is 458 g/mol. The Hall–Kier alpha value is -1.75. The molecular formula is C26H51N7O3. The fraction of sp³-hybridized carbons (Fsp3) is 0.885. The maximum atomic E-state index is 13.8. The molecule has 0 aliphatic carbocycles. The monoisotopic (exact) mass is 509 g/mol. The van der Waals surface area contributed by atoms with Gasteiger partial charge < -0.3 is 25.9 Å². The molecule has 0 bridgehead atoms. The summed E-state index contributed by atoms with van der Waals surface area (Å²) < 4.78 is 0. The van der Waals surface area contributed by atoms with Crippen LogP contribution >= 0.6 is 0 Å². The van der Waals surface area contributed by atoms with Gasteiger partial charge in [0, 0.05) is 53.5 Å². The first-order valence-electron chi connectivity index (χ1n) is 13.3. The molecule has 2 saturated heterocycles. The normalized spacial score (nSPS) is 24.8. The zero-order chi connectivity index (χ0) is 27.5. The third-order valence-corrected chi connectivity index (χ3v) is 7.73. The van der Waals surface area contributed by atoms with Gasteiger partial charge in [0.25, 0.3) is 0 Å². The summed E-state index contributed by atoms with van der Waals surface area (Å²) in [7, 11) is 0. The van der Waals surface area contributed by atoms with E-state index in [4.69, 9.17) is 5.53 Å². The number of hydrogen-bond acceptors (Lipinski definition) is 8. The predicted octanol–water partition coefficient (Wildman–Crippen LogP) is 5.08. The van der Waals surface area contributed by atoms with Crippen LogP contribution in [0.4, 0.5) is 4.79 Å². The summed E-state index contributed by atoms with van der Waals surface area (Å²) in [6.07, 6.45) is 5.62. The topological polar surface area (TPSA) is 128 Å². The molecule has 0 aromatic heterocycles. The number of amides is 2. The minimum atomic E-state index is -0.482. The lowest BCUT2D eigenvalue weighted by atomic mass is 9.78. The molecule has 36 heavy (non-hydrogen) atoms. The van der Waals surface area contributed by atoms with E-state index in [-0.39, 0.29) is 18.1 Å². The molecule has 5 N–H and O–H groups in total. The van der Waals surface area contributed by atoms with Crippen molar-refractivity contribution in [3.63, 3.8) is 0 Å². The van der Waals surface area contributed by atoms with Crippen LogP contribution in [0.2, 0.25) is 0 Å². The van der Waals surface area contributed by atoms with Gasteiger partial charge in [0.1, 0.15) is 0 Å². The van der Waals surface area contributed by atoms with E-state index >= 15 is 0 Å². The zero-order valence-corrected chi connectivity index (χ0v) is 24.0. The smallest absolute Gasteiger partial charge is 0.317 e. The molecule has 10 heteroatoms. The van der Waals surface area contributed by atoms with Crippen LogP contribution in [-0.4, -0.2) is 78.8 Å². The van der Waals surface area contributed by atoms with Gasteiger partial charge in [-0.05, 0) is 101 Å². The van der Waals surface area contributed by atoms with E-state index in [1.165, 1.54) is 10.1 Å². The number of hydrogen-bond donors (Lipinski definition) is 5. The van der Waals surface area contributed by atoms with E-state index in [0.29, 0.717) is 50.8 Å². The highest BCUT2D eigenvalue weighted by Crippen LogP contribution is 2.40. The quantitative estimate of drug-likeness (QED) is 0.276. The van der Waals surface area contributed by atoms with Crippen LogP contribution in [-0.2, 0) is 0 Å². The number of carbonyl (C=O) groups is 1. The van der Waals surface area contributed by atoms with Crippen LogP contribution in [0.3, 0.4) is 0 Å². The standard InChI is InChI=1S/C26H51N7O3/c1-10-28-18-19(30-27)12-11-13-31(21-16-25(6,7)33(36)26(8,9)17-21)22(34)29-20-14-23(2,3)32(35)24(4,5)15-20/h18,20-21,27-28,35-36H,10-17H2,1-9H3,(H,29,34)/b19-18-,30-27?. The minimum absolute atomic E-state index is 0.0495. The summed E-state index contributed by atoms with van der Waals surface area (Å²) in [6.45, 7) is 19.3. The average molecular weight is 510 g/mol. The van der Waals surface area contributed by atoms with Crippen molar-refractivity contribution in [1.82, 2.24) is 25.7 Å². The Morgan fingerprint density at radius 1 is 0.972 bits per heavy atom. The molecule has 0 aromatic rings. The van der Waals surface area contributed by atoms with Gasteiger partial charge in [0.05, 0.1) is 5.70 Å². The van der Waals surface area contributed by atoms with Gasteiger partial charge in [-0.25, -0.2) is 10.3 Å². The third kappa shape index (κ3) is 7.18.